The molecule has 5 rings (SSSR count). The molecule has 1 saturated heterocycles. The van der Waals surface area contributed by atoms with Gasteiger partial charge in [-0.2, -0.15) is 0 Å². The molecule has 0 bridgehead atoms. The van der Waals surface area contributed by atoms with E-state index < -0.39 is 0 Å². The molecule has 1 amide bonds. The molecule has 1 fully saturated rings. The number of aryl methyl sites for hydroxylation is 1. The molecule has 2 atom stereocenters. The Morgan fingerprint density at radius 2 is 1.64 bits per heavy atom. The number of carbonyl (C=O) groups is 1. The Labute approximate surface area is 231 Å². The van der Waals surface area contributed by atoms with Gasteiger partial charge in [0.15, 0.2) is 0 Å². The lowest BCUT2D eigenvalue weighted by Crippen LogP contribution is -2.24. The quantitative estimate of drug-likeness (QED) is 0.182. The Hall–Kier alpha value is -3.80. The van der Waals surface area contributed by atoms with Crippen molar-refractivity contribution < 1.29 is 14.3 Å². The zero-order valence-electron chi connectivity index (χ0n) is 23.3. The first-order valence-electron chi connectivity index (χ1n) is 14.3. The molecule has 39 heavy (non-hydrogen) atoms. The molecule has 0 aliphatic carbocycles. The molecule has 2 heterocycles. The fourth-order valence-corrected chi connectivity index (χ4v) is 5.35. The number of imidazole rings is 1. The maximum atomic E-state index is 13.0. The Morgan fingerprint density at radius 1 is 0.923 bits per heavy atom. The van der Waals surface area contributed by atoms with Crippen molar-refractivity contribution in [3.8, 4) is 11.5 Å². The SMILES string of the molecule is CCOc1ccc(N2CC(c3nc4ccccc4n3CCCCOc3ccc(C(C)CC)cc3)CC2=O)cc1. The van der Waals surface area contributed by atoms with Crippen LogP contribution >= 0.6 is 0 Å². The number of nitrogens with zero attached hydrogens (tertiary/aromatic N) is 3. The van der Waals surface area contributed by atoms with E-state index in [9.17, 15) is 4.79 Å². The second kappa shape index (κ2) is 12.4. The lowest BCUT2D eigenvalue weighted by atomic mass is 9.99. The highest BCUT2D eigenvalue weighted by molar-refractivity contribution is 5.96. The van der Waals surface area contributed by atoms with Crippen LogP contribution in [0.5, 0.6) is 11.5 Å². The van der Waals surface area contributed by atoms with Crippen molar-refractivity contribution in [2.45, 2.75) is 64.8 Å². The maximum absolute atomic E-state index is 13.0. The molecule has 0 radical (unpaired) electrons. The first kappa shape index (κ1) is 26.8. The number of fused-ring (bicyclic) bond motifs is 1. The van der Waals surface area contributed by atoms with E-state index in [2.05, 4.69) is 60.9 Å². The van der Waals surface area contributed by atoms with Crippen molar-refractivity contribution in [2.24, 2.45) is 0 Å². The smallest absolute Gasteiger partial charge is 0.227 e. The standard InChI is InChI=1S/C33H39N3O3/c1-4-24(3)25-12-16-29(17-13-25)39-21-9-8-20-35-31-11-7-6-10-30(31)34-33(35)26-22-32(37)36(23-26)27-14-18-28(19-15-27)38-5-2/h6-7,10-19,24,26H,4-5,8-9,20-23H2,1-3H3. The van der Waals surface area contributed by atoms with Gasteiger partial charge in [-0.3, -0.25) is 4.79 Å². The zero-order valence-corrected chi connectivity index (χ0v) is 23.3. The lowest BCUT2D eigenvalue weighted by Gasteiger charge is -2.18. The summed E-state index contributed by atoms with van der Waals surface area (Å²) in [5.41, 5.74) is 4.37. The fraction of sp³-hybridized carbons (Fsp3) is 0.394. The van der Waals surface area contributed by atoms with Crippen LogP contribution < -0.4 is 14.4 Å². The van der Waals surface area contributed by atoms with E-state index >= 15 is 0 Å². The Morgan fingerprint density at radius 3 is 2.38 bits per heavy atom. The summed E-state index contributed by atoms with van der Waals surface area (Å²) < 4.78 is 13.9. The largest absolute Gasteiger partial charge is 0.494 e. The average Bonchev–Trinajstić information content (AvgIpc) is 3.53. The Kier molecular flexibility index (Phi) is 8.50. The molecule has 1 aliphatic rings. The predicted octanol–water partition coefficient (Wildman–Crippen LogP) is 7.33. The molecular weight excluding hydrogens is 486 g/mol. The summed E-state index contributed by atoms with van der Waals surface area (Å²) >= 11 is 0. The first-order valence-corrected chi connectivity index (χ1v) is 14.3. The van der Waals surface area contributed by atoms with Gasteiger partial charge in [0.25, 0.3) is 0 Å². The van der Waals surface area contributed by atoms with Gasteiger partial charge in [-0.1, -0.05) is 38.1 Å². The summed E-state index contributed by atoms with van der Waals surface area (Å²) in [6.45, 7) is 9.21. The number of aromatic nitrogens is 2. The van der Waals surface area contributed by atoms with Crippen molar-refractivity contribution in [3.05, 3.63) is 84.2 Å². The van der Waals surface area contributed by atoms with Crippen molar-refractivity contribution in [3.63, 3.8) is 0 Å². The van der Waals surface area contributed by atoms with Crippen LogP contribution in [0.4, 0.5) is 5.69 Å². The number of hydrogen-bond acceptors (Lipinski definition) is 4. The highest BCUT2D eigenvalue weighted by atomic mass is 16.5. The van der Waals surface area contributed by atoms with Crippen LogP contribution in [0.25, 0.3) is 11.0 Å². The van der Waals surface area contributed by atoms with E-state index in [-0.39, 0.29) is 11.8 Å². The van der Waals surface area contributed by atoms with E-state index in [4.69, 9.17) is 14.5 Å². The molecule has 2 unspecified atom stereocenters. The number of rotatable bonds is 12. The monoisotopic (exact) mass is 525 g/mol. The van der Waals surface area contributed by atoms with Gasteiger partial charge in [-0.25, -0.2) is 4.98 Å². The second-order valence-corrected chi connectivity index (χ2v) is 10.4. The molecule has 0 N–H and O–H groups in total. The van der Waals surface area contributed by atoms with Crippen molar-refractivity contribution >= 4 is 22.6 Å². The van der Waals surface area contributed by atoms with Crippen LogP contribution in [0.1, 0.15) is 69.7 Å². The number of benzene rings is 3. The van der Waals surface area contributed by atoms with Gasteiger partial charge in [0, 0.05) is 31.1 Å². The summed E-state index contributed by atoms with van der Waals surface area (Å²) in [6.07, 6.45) is 3.52. The van der Waals surface area contributed by atoms with Gasteiger partial charge in [-0.15, -0.1) is 0 Å². The number of unbranched alkanes of at least 4 members (excludes halogenated alkanes) is 1. The summed E-state index contributed by atoms with van der Waals surface area (Å²) in [4.78, 5) is 19.9. The van der Waals surface area contributed by atoms with Gasteiger partial charge in [0.05, 0.1) is 24.2 Å². The van der Waals surface area contributed by atoms with Gasteiger partial charge in [-0.05, 0) is 86.2 Å². The van der Waals surface area contributed by atoms with Gasteiger partial charge in [0.1, 0.15) is 17.3 Å². The van der Waals surface area contributed by atoms with Gasteiger partial charge >= 0.3 is 0 Å². The molecule has 6 heteroatoms. The summed E-state index contributed by atoms with van der Waals surface area (Å²) in [7, 11) is 0. The lowest BCUT2D eigenvalue weighted by molar-refractivity contribution is -0.117. The normalized spacial score (nSPS) is 16.1. The Balaban J connectivity index is 1.23. The van der Waals surface area contributed by atoms with Crippen LogP contribution in [0.2, 0.25) is 0 Å². The topological polar surface area (TPSA) is 56.6 Å². The molecule has 0 spiro atoms. The third-order valence-corrected chi connectivity index (χ3v) is 7.74. The zero-order chi connectivity index (χ0) is 27.2. The molecule has 3 aromatic carbocycles. The Bertz CT molecular complexity index is 1380. The summed E-state index contributed by atoms with van der Waals surface area (Å²) in [5.74, 6) is 3.50. The van der Waals surface area contributed by atoms with Crippen LogP contribution in [0.3, 0.4) is 0 Å². The fourth-order valence-electron chi connectivity index (χ4n) is 5.35. The molecule has 4 aromatic rings. The van der Waals surface area contributed by atoms with Crippen LogP contribution in [-0.4, -0.2) is 35.2 Å². The number of carbonyl (C=O) groups excluding carboxylic acids is 1. The number of ether oxygens (including phenoxy) is 2. The minimum Gasteiger partial charge on any atom is -0.494 e. The molecular formula is C33H39N3O3. The summed E-state index contributed by atoms with van der Waals surface area (Å²) in [6, 6.07) is 24.6. The number of anilines is 1. The number of amides is 1. The highest BCUT2D eigenvalue weighted by Gasteiger charge is 2.34. The third kappa shape index (κ3) is 6.11. The van der Waals surface area contributed by atoms with Crippen molar-refractivity contribution in [1.82, 2.24) is 9.55 Å². The van der Waals surface area contributed by atoms with Crippen molar-refractivity contribution in [2.75, 3.05) is 24.7 Å². The predicted molar refractivity (Wildman–Crippen MR) is 157 cm³/mol. The minimum atomic E-state index is 0.0525. The minimum absolute atomic E-state index is 0.0525. The summed E-state index contributed by atoms with van der Waals surface area (Å²) in [5, 5.41) is 0. The molecule has 6 nitrogen and oxygen atoms in total. The molecule has 0 saturated carbocycles. The average molecular weight is 526 g/mol. The van der Waals surface area contributed by atoms with Crippen LogP contribution in [-0.2, 0) is 11.3 Å². The van der Waals surface area contributed by atoms with E-state index in [0.29, 0.717) is 32.1 Å². The first-order chi connectivity index (χ1) is 19.1. The number of hydrogen-bond donors (Lipinski definition) is 0. The molecule has 1 aliphatic heterocycles. The maximum Gasteiger partial charge on any atom is 0.227 e. The van der Waals surface area contributed by atoms with E-state index in [1.807, 2.05) is 42.2 Å². The number of para-hydroxylation sites is 2. The van der Waals surface area contributed by atoms with E-state index in [1.54, 1.807) is 0 Å². The van der Waals surface area contributed by atoms with E-state index in [1.165, 1.54) is 5.56 Å². The van der Waals surface area contributed by atoms with Crippen molar-refractivity contribution in [1.29, 1.82) is 0 Å². The second-order valence-electron chi connectivity index (χ2n) is 10.4. The van der Waals surface area contributed by atoms with Gasteiger partial charge < -0.3 is 18.9 Å². The molecule has 1 aromatic heterocycles. The highest BCUT2D eigenvalue weighted by Crippen LogP contribution is 2.34. The van der Waals surface area contributed by atoms with Crippen LogP contribution in [0, 0.1) is 0 Å². The van der Waals surface area contributed by atoms with Gasteiger partial charge in [0.2, 0.25) is 5.91 Å². The molecule has 204 valence electrons. The van der Waals surface area contributed by atoms with Crippen LogP contribution in [0.15, 0.2) is 72.8 Å². The third-order valence-electron chi connectivity index (χ3n) is 7.74. The van der Waals surface area contributed by atoms with E-state index in [0.717, 1.165) is 59.9 Å².